The van der Waals surface area contributed by atoms with E-state index in [4.69, 9.17) is 9.47 Å². The zero-order valence-electron chi connectivity index (χ0n) is 17.9. The lowest BCUT2D eigenvalue weighted by atomic mass is 10.1. The van der Waals surface area contributed by atoms with E-state index in [2.05, 4.69) is 15.8 Å². The molecule has 0 saturated heterocycles. The largest absolute Gasteiger partial charge is 0.507 e. The van der Waals surface area contributed by atoms with Gasteiger partial charge < -0.3 is 19.9 Å². The molecule has 0 aromatic heterocycles. The van der Waals surface area contributed by atoms with Gasteiger partial charge in [-0.1, -0.05) is 24.3 Å². The summed E-state index contributed by atoms with van der Waals surface area (Å²) < 4.78 is 10.4. The summed E-state index contributed by atoms with van der Waals surface area (Å²) in [5.41, 5.74) is 4.90. The highest BCUT2D eigenvalue weighted by Crippen LogP contribution is 2.28. The Kier molecular flexibility index (Phi) is 7.07. The van der Waals surface area contributed by atoms with E-state index in [9.17, 15) is 14.7 Å². The molecule has 0 atom stereocenters. The fraction of sp³-hybridized carbons (Fsp3) is 0.125. The van der Waals surface area contributed by atoms with Crippen molar-refractivity contribution in [3.05, 3.63) is 83.4 Å². The predicted octanol–water partition coefficient (Wildman–Crippen LogP) is 3.82. The van der Waals surface area contributed by atoms with Crippen molar-refractivity contribution in [2.75, 3.05) is 19.5 Å². The van der Waals surface area contributed by atoms with Crippen molar-refractivity contribution < 1.29 is 24.2 Å². The van der Waals surface area contributed by atoms with Crippen LogP contribution in [0.25, 0.3) is 0 Å². The first kappa shape index (κ1) is 22.4. The molecule has 0 aliphatic rings. The molecule has 8 heteroatoms. The summed E-state index contributed by atoms with van der Waals surface area (Å²) >= 11 is 0. The van der Waals surface area contributed by atoms with Crippen molar-refractivity contribution in [1.82, 2.24) is 5.43 Å². The van der Waals surface area contributed by atoms with Crippen LogP contribution >= 0.6 is 0 Å². The van der Waals surface area contributed by atoms with Gasteiger partial charge in [0.05, 0.1) is 25.5 Å². The van der Waals surface area contributed by atoms with Crippen molar-refractivity contribution in [2.24, 2.45) is 5.10 Å². The number of phenols is 1. The minimum atomic E-state index is -0.513. The first-order chi connectivity index (χ1) is 15.4. The predicted molar refractivity (Wildman–Crippen MR) is 122 cm³/mol. The number of carbonyl (C=O) groups is 2. The lowest BCUT2D eigenvalue weighted by Crippen LogP contribution is -2.19. The van der Waals surface area contributed by atoms with Crippen molar-refractivity contribution in [3.8, 4) is 17.2 Å². The lowest BCUT2D eigenvalue weighted by molar-refractivity contribution is 0.0951. The first-order valence-electron chi connectivity index (χ1n) is 9.69. The second-order valence-corrected chi connectivity index (χ2v) is 6.76. The summed E-state index contributed by atoms with van der Waals surface area (Å²) in [5, 5.41) is 16.6. The molecule has 0 heterocycles. The van der Waals surface area contributed by atoms with Gasteiger partial charge in [0.25, 0.3) is 11.8 Å². The van der Waals surface area contributed by atoms with Gasteiger partial charge in [0.2, 0.25) is 0 Å². The number of benzene rings is 3. The van der Waals surface area contributed by atoms with Crippen molar-refractivity contribution in [1.29, 1.82) is 0 Å². The number of aromatic hydroxyl groups is 1. The van der Waals surface area contributed by atoms with E-state index in [1.807, 2.05) is 0 Å². The van der Waals surface area contributed by atoms with Gasteiger partial charge in [0.15, 0.2) is 11.5 Å². The van der Waals surface area contributed by atoms with Gasteiger partial charge in [-0.25, -0.2) is 5.43 Å². The van der Waals surface area contributed by atoms with Crippen LogP contribution in [0.15, 0.2) is 71.8 Å². The number of hydrazone groups is 1. The Morgan fingerprint density at radius 3 is 2.16 bits per heavy atom. The van der Waals surface area contributed by atoms with Gasteiger partial charge in [0, 0.05) is 11.3 Å². The molecule has 0 spiro atoms. The Bertz CT molecular complexity index is 1160. The van der Waals surface area contributed by atoms with Crippen LogP contribution in [0.5, 0.6) is 17.2 Å². The normalized spacial score (nSPS) is 10.9. The zero-order valence-corrected chi connectivity index (χ0v) is 17.9. The summed E-state index contributed by atoms with van der Waals surface area (Å²) in [6, 6.07) is 18.2. The molecule has 0 aliphatic carbocycles. The van der Waals surface area contributed by atoms with Crippen LogP contribution in [0.2, 0.25) is 0 Å². The Morgan fingerprint density at radius 1 is 0.844 bits per heavy atom. The summed E-state index contributed by atoms with van der Waals surface area (Å²) in [6.07, 6.45) is 0. The lowest BCUT2D eigenvalue weighted by Gasteiger charge is -2.10. The number of nitrogens with zero attached hydrogens (tertiary/aromatic N) is 1. The number of amides is 2. The minimum Gasteiger partial charge on any atom is -0.507 e. The monoisotopic (exact) mass is 433 g/mol. The molecule has 3 N–H and O–H groups in total. The standard InChI is InChI=1S/C24H23N3O5/c1-15(26-27-24(30)19-6-4-5-7-20(19)28)16-8-11-18(12-9-16)25-23(29)17-10-13-21(31-2)22(14-17)32-3/h4-14,28H,1-3H3,(H,25,29)(H,27,30)/b26-15+. The zero-order chi connectivity index (χ0) is 23.1. The van der Waals surface area contributed by atoms with Crippen molar-refractivity contribution >= 4 is 23.2 Å². The molecule has 0 saturated carbocycles. The number of phenolic OH excluding ortho intramolecular Hbond substituents is 1. The number of hydrogen-bond acceptors (Lipinski definition) is 6. The van der Waals surface area contributed by atoms with E-state index in [1.54, 1.807) is 61.5 Å². The third kappa shape index (κ3) is 5.23. The number of ether oxygens (including phenoxy) is 2. The number of hydrogen-bond donors (Lipinski definition) is 3. The van der Waals surface area contributed by atoms with Crippen LogP contribution in [0.1, 0.15) is 33.2 Å². The quantitative estimate of drug-likeness (QED) is 0.388. The average Bonchev–Trinajstić information content (AvgIpc) is 2.82. The summed E-state index contributed by atoms with van der Waals surface area (Å²) in [4.78, 5) is 24.7. The molecule has 0 fully saturated rings. The first-order valence-corrected chi connectivity index (χ1v) is 9.69. The highest BCUT2D eigenvalue weighted by Gasteiger charge is 2.12. The summed E-state index contributed by atoms with van der Waals surface area (Å²) in [5.74, 6) is 0.0821. The number of anilines is 1. The van der Waals surface area contributed by atoms with E-state index in [1.165, 1.54) is 26.4 Å². The van der Waals surface area contributed by atoms with Gasteiger partial charge in [-0.2, -0.15) is 5.10 Å². The summed E-state index contributed by atoms with van der Waals surface area (Å²) in [7, 11) is 3.04. The van der Waals surface area contributed by atoms with Crippen LogP contribution in [0.3, 0.4) is 0 Å². The van der Waals surface area contributed by atoms with E-state index < -0.39 is 5.91 Å². The maximum atomic E-state index is 12.5. The Balaban J connectivity index is 1.65. The van der Waals surface area contributed by atoms with E-state index in [0.717, 1.165) is 5.56 Å². The van der Waals surface area contributed by atoms with Gasteiger partial charge in [0.1, 0.15) is 5.75 Å². The van der Waals surface area contributed by atoms with Gasteiger partial charge in [-0.15, -0.1) is 0 Å². The van der Waals surface area contributed by atoms with Gasteiger partial charge >= 0.3 is 0 Å². The fourth-order valence-corrected chi connectivity index (χ4v) is 2.90. The average molecular weight is 433 g/mol. The molecule has 3 aromatic carbocycles. The molecular weight excluding hydrogens is 410 g/mol. The molecule has 3 rings (SSSR count). The van der Waals surface area contributed by atoms with Crippen molar-refractivity contribution in [3.63, 3.8) is 0 Å². The molecule has 0 unspecified atom stereocenters. The van der Waals surface area contributed by atoms with E-state index >= 15 is 0 Å². The number of para-hydroxylation sites is 1. The van der Waals surface area contributed by atoms with E-state index in [-0.39, 0.29) is 17.2 Å². The Labute approximate surface area is 185 Å². The number of carbonyl (C=O) groups excluding carboxylic acids is 2. The van der Waals surface area contributed by atoms with Crippen LogP contribution in [-0.2, 0) is 0 Å². The number of methoxy groups -OCH3 is 2. The molecule has 32 heavy (non-hydrogen) atoms. The van der Waals surface area contributed by atoms with E-state index in [0.29, 0.717) is 28.5 Å². The second kappa shape index (κ2) is 10.1. The third-order valence-electron chi connectivity index (χ3n) is 4.68. The smallest absolute Gasteiger partial charge is 0.275 e. The van der Waals surface area contributed by atoms with Crippen LogP contribution in [0, 0.1) is 0 Å². The van der Waals surface area contributed by atoms with Crippen LogP contribution in [0.4, 0.5) is 5.69 Å². The maximum Gasteiger partial charge on any atom is 0.275 e. The molecule has 2 amide bonds. The molecule has 0 bridgehead atoms. The van der Waals surface area contributed by atoms with Crippen molar-refractivity contribution in [2.45, 2.75) is 6.92 Å². The summed E-state index contributed by atoms with van der Waals surface area (Å²) in [6.45, 7) is 1.74. The highest BCUT2D eigenvalue weighted by atomic mass is 16.5. The number of nitrogens with one attached hydrogen (secondary N) is 2. The maximum absolute atomic E-state index is 12.5. The van der Waals surface area contributed by atoms with Crippen LogP contribution in [-0.4, -0.2) is 36.9 Å². The fourth-order valence-electron chi connectivity index (χ4n) is 2.90. The van der Waals surface area contributed by atoms with Gasteiger partial charge in [-0.3, -0.25) is 9.59 Å². The van der Waals surface area contributed by atoms with Gasteiger partial charge in [-0.05, 0) is 55.0 Å². The molecule has 0 aliphatic heterocycles. The molecule has 8 nitrogen and oxygen atoms in total. The topological polar surface area (TPSA) is 109 Å². The minimum absolute atomic E-state index is 0.118. The third-order valence-corrected chi connectivity index (χ3v) is 4.68. The Morgan fingerprint density at radius 2 is 1.50 bits per heavy atom. The second-order valence-electron chi connectivity index (χ2n) is 6.76. The highest BCUT2D eigenvalue weighted by molar-refractivity contribution is 6.05. The number of rotatable bonds is 7. The molecule has 3 aromatic rings. The molecular formula is C24H23N3O5. The SMILES string of the molecule is COc1ccc(C(=O)Nc2ccc(/C(C)=N/NC(=O)c3ccccc3O)cc2)cc1OC. The molecule has 164 valence electrons. The van der Waals surface area contributed by atoms with Crippen LogP contribution < -0.4 is 20.2 Å². The molecule has 0 radical (unpaired) electrons. The Hall–Kier alpha value is -4.33.